The van der Waals surface area contributed by atoms with Gasteiger partial charge in [0.2, 0.25) is 0 Å². The summed E-state index contributed by atoms with van der Waals surface area (Å²) < 4.78 is 24.7. The molecule has 1 aliphatic carbocycles. The van der Waals surface area contributed by atoms with Crippen molar-refractivity contribution in [1.82, 2.24) is 0 Å². The molecule has 1 saturated carbocycles. The fourth-order valence-electron chi connectivity index (χ4n) is 3.13. The Morgan fingerprint density at radius 2 is 1.96 bits per heavy atom. The fraction of sp³-hybridized carbons (Fsp3) is 0.579. The first-order valence-electron chi connectivity index (χ1n) is 8.79. The minimum absolute atomic E-state index is 0.0674. The van der Waals surface area contributed by atoms with Crippen molar-refractivity contribution in [3.63, 3.8) is 0 Å². The van der Waals surface area contributed by atoms with Crippen LogP contribution in [0.25, 0.3) is 0 Å². The number of esters is 1. The third kappa shape index (κ3) is 5.81. The van der Waals surface area contributed by atoms with Crippen LogP contribution >= 0.6 is 0 Å². The Balaban J connectivity index is 1.87. The van der Waals surface area contributed by atoms with Crippen LogP contribution in [0.2, 0.25) is 0 Å². The molecular formula is C19H26FNO4. The number of hydrogen-bond acceptors (Lipinski definition) is 5. The average Bonchev–Trinajstić information content (AvgIpc) is 2.62. The minimum atomic E-state index is -0.518. The van der Waals surface area contributed by atoms with E-state index in [2.05, 4.69) is 0 Å². The van der Waals surface area contributed by atoms with E-state index in [-0.39, 0.29) is 23.6 Å². The Kier molecular flexibility index (Phi) is 7.37. The Morgan fingerprint density at radius 3 is 2.56 bits per heavy atom. The summed E-state index contributed by atoms with van der Waals surface area (Å²) in [6, 6.07) is 4.35. The van der Waals surface area contributed by atoms with Gasteiger partial charge in [-0.1, -0.05) is 0 Å². The highest BCUT2D eigenvalue weighted by Crippen LogP contribution is 2.31. The van der Waals surface area contributed by atoms with Crippen molar-refractivity contribution < 1.29 is 23.5 Å². The monoisotopic (exact) mass is 351 g/mol. The van der Waals surface area contributed by atoms with E-state index in [4.69, 9.17) is 15.2 Å². The maximum absolute atomic E-state index is 14.2. The summed E-state index contributed by atoms with van der Waals surface area (Å²) in [7, 11) is 1.39. The number of methoxy groups -OCH3 is 1. The van der Waals surface area contributed by atoms with Gasteiger partial charge in [0.25, 0.3) is 0 Å². The number of rotatable bonds is 8. The number of nitrogens with two attached hydrogens (primary N) is 1. The molecule has 2 rings (SSSR count). The van der Waals surface area contributed by atoms with Crippen molar-refractivity contribution in [2.45, 2.75) is 51.0 Å². The lowest BCUT2D eigenvalue weighted by Gasteiger charge is -2.28. The maximum Gasteiger partial charge on any atom is 0.305 e. The fourth-order valence-corrected chi connectivity index (χ4v) is 3.13. The number of halogens is 1. The lowest BCUT2D eigenvalue weighted by atomic mass is 9.85. The van der Waals surface area contributed by atoms with Gasteiger partial charge in [0, 0.05) is 18.4 Å². The standard InChI is InChI=1S/C19H26FNO4/c1-24-19(23)11-13-4-7-15(8-5-13)25-18-9-6-14(12-16(18)20)17(22)3-2-10-21/h6,9,12-13,15H,2-5,7-8,10-11,21H2,1H3. The zero-order chi connectivity index (χ0) is 18.2. The van der Waals surface area contributed by atoms with Crippen LogP contribution in [0, 0.1) is 11.7 Å². The van der Waals surface area contributed by atoms with Crippen LogP contribution in [0.15, 0.2) is 18.2 Å². The van der Waals surface area contributed by atoms with E-state index >= 15 is 0 Å². The highest BCUT2D eigenvalue weighted by Gasteiger charge is 2.25. The Labute approximate surface area is 147 Å². The van der Waals surface area contributed by atoms with E-state index in [1.54, 1.807) is 6.07 Å². The first kappa shape index (κ1) is 19.4. The van der Waals surface area contributed by atoms with Gasteiger partial charge in [-0.05, 0) is 62.8 Å². The number of carbonyl (C=O) groups is 2. The molecule has 138 valence electrons. The molecule has 0 heterocycles. The molecular weight excluding hydrogens is 325 g/mol. The third-order valence-corrected chi connectivity index (χ3v) is 4.63. The molecule has 1 fully saturated rings. The van der Waals surface area contributed by atoms with E-state index in [0.717, 1.165) is 25.7 Å². The van der Waals surface area contributed by atoms with Gasteiger partial charge in [0.1, 0.15) is 0 Å². The van der Waals surface area contributed by atoms with Crippen LogP contribution in [-0.2, 0) is 9.53 Å². The molecule has 6 heteroatoms. The highest BCUT2D eigenvalue weighted by molar-refractivity contribution is 5.96. The molecule has 1 aliphatic rings. The Hall–Kier alpha value is -1.95. The van der Waals surface area contributed by atoms with Crippen molar-refractivity contribution in [3.05, 3.63) is 29.6 Å². The van der Waals surface area contributed by atoms with Crippen molar-refractivity contribution in [3.8, 4) is 5.75 Å². The second-order valence-electron chi connectivity index (χ2n) is 6.50. The summed E-state index contributed by atoms with van der Waals surface area (Å²) in [6.07, 6.45) is 4.54. The highest BCUT2D eigenvalue weighted by atomic mass is 19.1. The van der Waals surface area contributed by atoms with Crippen molar-refractivity contribution in [2.75, 3.05) is 13.7 Å². The molecule has 0 spiro atoms. The number of hydrogen-bond donors (Lipinski definition) is 1. The van der Waals surface area contributed by atoms with Crippen LogP contribution in [0.1, 0.15) is 55.3 Å². The number of Topliss-reactive ketones (excluding diaryl/α,β-unsaturated/α-hetero) is 1. The molecule has 1 aromatic rings. The zero-order valence-electron chi connectivity index (χ0n) is 14.6. The summed E-state index contributed by atoms with van der Waals surface area (Å²) in [5.41, 5.74) is 5.73. The van der Waals surface area contributed by atoms with Crippen molar-refractivity contribution in [2.24, 2.45) is 11.7 Å². The number of carbonyl (C=O) groups excluding carboxylic acids is 2. The lowest BCUT2D eigenvalue weighted by molar-refractivity contribution is -0.142. The molecule has 0 bridgehead atoms. The van der Waals surface area contributed by atoms with Crippen LogP contribution < -0.4 is 10.5 Å². The van der Waals surface area contributed by atoms with E-state index in [1.807, 2.05) is 0 Å². The van der Waals surface area contributed by atoms with Gasteiger partial charge in [-0.3, -0.25) is 9.59 Å². The van der Waals surface area contributed by atoms with E-state index < -0.39 is 5.82 Å². The van der Waals surface area contributed by atoms with Gasteiger partial charge in [0.15, 0.2) is 17.3 Å². The summed E-state index contributed by atoms with van der Waals surface area (Å²) in [6.45, 7) is 0.439. The number of ketones is 1. The zero-order valence-corrected chi connectivity index (χ0v) is 14.6. The maximum atomic E-state index is 14.2. The summed E-state index contributed by atoms with van der Waals surface area (Å²) >= 11 is 0. The van der Waals surface area contributed by atoms with Crippen molar-refractivity contribution >= 4 is 11.8 Å². The molecule has 0 saturated heterocycles. The molecule has 0 aromatic heterocycles. The normalized spacial score (nSPS) is 20.1. The van der Waals surface area contributed by atoms with Gasteiger partial charge in [-0.25, -0.2) is 4.39 Å². The minimum Gasteiger partial charge on any atom is -0.487 e. The SMILES string of the molecule is COC(=O)CC1CCC(Oc2ccc(C(=O)CCCN)cc2F)CC1. The second-order valence-corrected chi connectivity index (χ2v) is 6.50. The first-order chi connectivity index (χ1) is 12.0. The summed E-state index contributed by atoms with van der Waals surface area (Å²) in [5, 5.41) is 0. The van der Waals surface area contributed by atoms with E-state index in [1.165, 1.54) is 19.2 Å². The molecule has 25 heavy (non-hydrogen) atoms. The van der Waals surface area contributed by atoms with Crippen LogP contribution in [0.3, 0.4) is 0 Å². The first-order valence-corrected chi connectivity index (χ1v) is 8.79. The quantitative estimate of drug-likeness (QED) is 0.574. The van der Waals surface area contributed by atoms with Crippen LogP contribution in [-0.4, -0.2) is 31.5 Å². The molecule has 1 aromatic carbocycles. The number of ether oxygens (including phenoxy) is 2. The molecule has 2 N–H and O–H groups in total. The molecule has 0 aliphatic heterocycles. The Bertz CT molecular complexity index is 597. The van der Waals surface area contributed by atoms with Crippen LogP contribution in [0.4, 0.5) is 4.39 Å². The molecule has 5 nitrogen and oxygen atoms in total. The molecule has 0 atom stereocenters. The molecule has 0 amide bonds. The van der Waals surface area contributed by atoms with Crippen LogP contribution in [0.5, 0.6) is 5.75 Å². The van der Waals surface area contributed by atoms with E-state index in [9.17, 15) is 14.0 Å². The topological polar surface area (TPSA) is 78.6 Å². The second kappa shape index (κ2) is 9.51. The molecule has 0 radical (unpaired) electrons. The van der Waals surface area contributed by atoms with Gasteiger partial charge in [-0.2, -0.15) is 0 Å². The van der Waals surface area contributed by atoms with Crippen molar-refractivity contribution in [1.29, 1.82) is 0 Å². The van der Waals surface area contributed by atoms with Gasteiger partial charge < -0.3 is 15.2 Å². The number of benzene rings is 1. The summed E-state index contributed by atoms with van der Waals surface area (Å²) in [5.74, 6) is -0.341. The smallest absolute Gasteiger partial charge is 0.305 e. The summed E-state index contributed by atoms with van der Waals surface area (Å²) in [4.78, 5) is 23.2. The van der Waals surface area contributed by atoms with Gasteiger partial charge in [0.05, 0.1) is 13.2 Å². The van der Waals surface area contributed by atoms with E-state index in [0.29, 0.717) is 37.3 Å². The Morgan fingerprint density at radius 1 is 1.24 bits per heavy atom. The molecule has 0 unspecified atom stereocenters. The predicted molar refractivity (Wildman–Crippen MR) is 92.0 cm³/mol. The average molecular weight is 351 g/mol. The van der Waals surface area contributed by atoms with Gasteiger partial charge in [-0.15, -0.1) is 0 Å². The van der Waals surface area contributed by atoms with Gasteiger partial charge >= 0.3 is 5.97 Å². The lowest BCUT2D eigenvalue weighted by Crippen LogP contribution is -2.26. The largest absolute Gasteiger partial charge is 0.487 e. The predicted octanol–water partition coefficient (Wildman–Crippen LogP) is 3.25. The third-order valence-electron chi connectivity index (χ3n) is 4.63.